The lowest BCUT2D eigenvalue weighted by atomic mass is 10.0. The zero-order chi connectivity index (χ0) is 13.6. The van der Waals surface area contributed by atoms with Crippen molar-refractivity contribution < 1.29 is 14.4 Å². The van der Waals surface area contributed by atoms with Gasteiger partial charge in [-0.1, -0.05) is 18.5 Å². The standard InChI is InChI=1S/C12H21N3O3/c1-4-7-12(3,17)8-13-10(16)5-6-11-14-9(2)15-18-11/h17H,4-8H2,1-3H3,(H,13,16). The fraction of sp³-hybridized carbons (Fsp3) is 0.750. The normalized spacial score (nSPS) is 14.2. The molecule has 1 aromatic heterocycles. The quantitative estimate of drug-likeness (QED) is 0.758. The zero-order valence-corrected chi connectivity index (χ0v) is 11.2. The summed E-state index contributed by atoms with van der Waals surface area (Å²) in [6.07, 6.45) is 2.24. The third-order valence-corrected chi connectivity index (χ3v) is 2.59. The molecule has 0 radical (unpaired) electrons. The van der Waals surface area contributed by atoms with E-state index in [9.17, 15) is 9.90 Å². The Morgan fingerprint density at radius 1 is 1.56 bits per heavy atom. The Kier molecular flexibility index (Phi) is 5.27. The molecular weight excluding hydrogens is 234 g/mol. The number of carbonyl (C=O) groups excluding carboxylic acids is 1. The van der Waals surface area contributed by atoms with Crippen molar-refractivity contribution in [3.63, 3.8) is 0 Å². The molecule has 0 saturated heterocycles. The summed E-state index contributed by atoms with van der Waals surface area (Å²) >= 11 is 0. The number of aryl methyl sites for hydroxylation is 2. The molecule has 0 aromatic carbocycles. The summed E-state index contributed by atoms with van der Waals surface area (Å²) in [5.74, 6) is 0.904. The third-order valence-electron chi connectivity index (χ3n) is 2.59. The van der Waals surface area contributed by atoms with Crippen molar-refractivity contribution in [2.75, 3.05) is 6.54 Å². The van der Waals surface area contributed by atoms with Crippen LogP contribution >= 0.6 is 0 Å². The van der Waals surface area contributed by atoms with E-state index >= 15 is 0 Å². The largest absolute Gasteiger partial charge is 0.388 e. The highest BCUT2D eigenvalue weighted by molar-refractivity contribution is 5.76. The van der Waals surface area contributed by atoms with Gasteiger partial charge in [-0.05, 0) is 20.3 Å². The number of aliphatic hydroxyl groups is 1. The van der Waals surface area contributed by atoms with E-state index < -0.39 is 5.60 Å². The molecular formula is C12H21N3O3. The minimum Gasteiger partial charge on any atom is -0.388 e. The monoisotopic (exact) mass is 255 g/mol. The van der Waals surface area contributed by atoms with Gasteiger partial charge >= 0.3 is 0 Å². The van der Waals surface area contributed by atoms with Crippen LogP contribution in [0.4, 0.5) is 0 Å². The third kappa shape index (κ3) is 5.27. The van der Waals surface area contributed by atoms with Crippen molar-refractivity contribution in [1.29, 1.82) is 0 Å². The molecule has 1 heterocycles. The Labute approximate surface area is 107 Å². The molecule has 0 fully saturated rings. The Morgan fingerprint density at radius 3 is 2.83 bits per heavy atom. The van der Waals surface area contributed by atoms with Gasteiger partial charge in [-0.15, -0.1) is 0 Å². The molecule has 0 bridgehead atoms. The fourth-order valence-electron chi connectivity index (χ4n) is 1.67. The summed E-state index contributed by atoms with van der Waals surface area (Å²) < 4.78 is 4.91. The van der Waals surface area contributed by atoms with Crippen LogP contribution in [0.15, 0.2) is 4.52 Å². The molecule has 0 aliphatic rings. The predicted octanol–water partition coefficient (Wildman–Crippen LogP) is 0.978. The average Bonchev–Trinajstić information content (AvgIpc) is 2.70. The first-order chi connectivity index (χ1) is 8.43. The molecule has 0 aliphatic carbocycles. The lowest BCUT2D eigenvalue weighted by Gasteiger charge is -2.22. The van der Waals surface area contributed by atoms with Crippen LogP contribution in [0.3, 0.4) is 0 Å². The van der Waals surface area contributed by atoms with Gasteiger partial charge < -0.3 is 14.9 Å². The smallest absolute Gasteiger partial charge is 0.227 e. The van der Waals surface area contributed by atoms with Gasteiger partial charge in [-0.3, -0.25) is 4.79 Å². The van der Waals surface area contributed by atoms with Crippen LogP contribution in [0, 0.1) is 6.92 Å². The molecule has 18 heavy (non-hydrogen) atoms. The number of carbonyl (C=O) groups is 1. The van der Waals surface area contributed by atoms with Crippen molar-refractivity contribution in [2.45, 2.75) is 52.1 Å². The first kappa shape index (κ1) is 14.6. The van der Waals surface area contributed by atoms with E-state index in [0.29, 0.717) is 24.6 Å². The molecule has 1 atom stereocenters. The van der Waals surface area contributed by atoms with Gasteiger partial charge in [0.1, 0.15) is 0 Å². The summed E-state index contributed by atoms with van der Waals surface area (Å²) in [4.78, 5) is 15.6. The SMILES string of the molecule is CCCC(C)(O)CNC(=O)CCc1nc(C)no1. The van der Waals surface area contributed by atoms with E-state index in [-0.39, 0.29) is 18.9 Å². The van der Waals surface area contributed by atoms with Crippen LogP contribution in [0.5, 0.6) is 0 Å². The highest BCUT2D eigenvalue weighted by Crippen LogP contribution is 2.10. The summed E-state index contributed by atoms with van der Waals surface area (Å²) in [5.41, 5.74) is -0.842. The van der Waals surface area contributed by atoms with Crippen LogP contribution in [0.25, 0.3) is 0 Å². The van der Waals surface area contributed by atoms with Crippen molar-refractivity contribution in [3.8, 4) is 0 Å². The van der Waals surface area contributed by atoms with E-state index in [2.05, 4.69) is 15.5 Å². The molecule has 6 heteroatoms. The van der Waals surface area contributed by atoms with Gasteiger partial charge in [-0.25, -0.2) is 0 Å². The highest BCUT2D eigenvalue weighted by atomic mass is 16.5. The van der Waals surface area contributed by atoms with Crippen LogP contribution in [0.2, 0.25) is 0 Å². The Morgan fingerprint density at radius 2 is 2.28 bits per heavy atom. The molecule has 0 saturated carbocycles. The lowest BCUT2D eigenvalue weighted by Crippen LogP contribution is -2.40. The summed E-state index contributed by atoms with van der Waals surface area (Å²) in [6.45, 7) is 5.71. The van der Waals surface area contributed by atoms with E-state index in [0.717, 1.165) is 6.42 Å². The minimum atomic E-state index is -0.842. The molecule has 1 aromatic rings. The Bertz CT molecular complexity index is 388. The topological polar surface area (TPSA) is 88.2 Å². The van der Waals surface area contributed by atoms with Crippen molar-refractivity contribution in [1.82, 2.24) is 15.5 Å². The molecule has 0 spiro atoms. The number of nitrogens with one attached hydrogen (secondary N) is 1. The number of nitrogens with zero attached hydrogens (tertiary/aromatic N) is 2. The van der Waals surface area contributed by atoms with Crippen molar-refractivity contribution in [3.05, 3.63) is 11.7 Å². The van der Waals surface area contributed by atoms with Gasteiger partial charge in [-0.2, -0.15) is 4.98 Å². The average molecular weight is 255 g/mol. The van der Waals surface area contributed by atoms with E-state index in [4.69, 9.17) is 4.52 Å². The Balaban J connectivity index is 2.26. The maximum absolute atomic E-state index is 11.6. The summed E-state index contributed by atoms with van der Waals surface area (Å²) in [7, 11) is 0. The molecule has 1 unspecified atom stereocenters. The molecule has 102 valence electrons. The minimum absolute atomic E-state index is 0.123. The zero-order valence-electron chi connectivity index (χ0n) is 11.2. The predicted molar refractivity (Wildman–Crippen MR) is 65.9 cm³/mol. The number of aromatic nitrogens is 2. The number of hydrogen-bond acceptors (Lipinski definition) is 5. The van der Waals surface area contributed by atoms with Crippen LogP contribution in [-0.2, 0) is 11.2 Å². The highest BCUT2D eigenvalue weighted by Gasteiger charge is 2.19. The molecule has 0 aliphatic heterocycles. The van der Waals surface area contributed by atoms with Crippen LogP contribution < -0.4 is 5.32 Å². The fourth-order valence-corrected chi connectivity index (χ4v) is 1.67. The van der Waals surface area contributed by atoms with E-state index in [1.54, 1.807) is 13.8 Å². The second-order valence-electron chi connectivity index (χ2n) is 4.76. The Hall–Kier alpha value is -1.43. The summed E-state index contributed by atoms with van der Waals surface area (Å²) in [6, 6.07) is 0. The molecule has 2 N–H and O–H groups in total. The number of hydrogen-bond donors (Lipinski definition) is 2. The first-order valence-corrected chi connectivity index (χ1v) is 6.21. The van der Waals surface area contributed by atoms with Gasteiger partial charge in [0.15, 0.2) is 5.82 Å². The summed E-state index contributed by atoms with van der Waals surface area (Å²) in [5, 5.41) is 16.2. The van der Waals surface area contributed by atoms with Gasteiger partial charge in [0.25, 0.3) is 0 Å². The second kappa shape index (κ2) is 6.49. The van der Waals surface area contributed by atoms with Gasteiger partial charge in [0.05, 0.1) is 5.60 Å². The molecule has 6 nitrogen and oxygen atoms in total. The van der Waals surface area contributed by atoms with Crippen LogP contribution in [0.1, 0.15) is 44.8 Å². The number of rotatable bonds is 7. The van der Waals surface area contributed by atoms with Crippen molar-refractivity contribution >= 4 is 5.91 Å². The molecule has 1 rings (SSSR count). The lowest BCUT2D eigenvalue weighted by molar-refractivity contribution is -0.122. The van der Waals surface area contributed by atoms with E-state index in [1.807, 2.05) is 6.92 Å². The number of amides is 1. The van der Waals surface area contributed by atoms with Gasteiger partial charge in [0.2, 0.25) is 11.8 Å². The molecule has 1 amide bonds. The van der Waals surface area contributed by atoms with E-state index in [1.165, 1.54) is 0 Å². The van der Waals surface area contributed by atoms with Crippen LogP contribution in [-0.4, -0.2) is 33.3 Å². The first-order valence-electron chi connectivity index (χ1n) is 6.21. The maximum atomic E-state index is 11.6. The van der Waals surface area contributed by atoms with Crippen molar-refractivity contribution in [2.24, 2.45) is 0 Å². The second-order valence-corrected chi connectivity index (χ2v) is 4.76. The van der Waals surface area contributed by atoms with Gasteiger partial charge in [0, 0.05) is 19.4 Å². The maximum Gasteiger partial charge on any atom is 0.227 e.